The van der Waals surface area contributed by atoms with Crippen LogP contribution >= 0.6 is 0 Å². The average molecular weight is 604 g/mol. The van der Waals surface area contributed by atoms with Crippen molar-refractivity contribution in [1.29, 1.82) is 31.6 Å². The number of nitrogens with zero attached hydrogens (tertiary/aromatic N) is 6. The Labute approximate surface area is 334 Å². The van der Waals surface area contributed by atoms with Gasteiger partial charge in [-0.05, 0) is 0 Å². The second kappa shape index (κ2) is 22.3. The predicted octanol–water partition coefficient (Wildman–Crippen LogP) is -11.9. The minimum Gasteiger partial charge on any atom is 0 e. The van der Waals surface area contributed by atoms with Gasteiger partial charge in [-0.1, -0.05) is 0 Å². The van der Waals surface area contributed by atoms with E-state index in [4.69, 9.17) is 31.6 Å². The Balaban J connectivity index is -0.0000000257. The SMILES string of the molecule is N#[C][Fe-4]([C]#N)([C]#N)([C]#N)([C]#N)[C]#N.[Co].[Co].[Co].[Co].[K+].[K+].[K+].[K+]. The summed E-state index contributed by atoms with van der Waals surface area (Å²) in [5.41, 5.74) is 0. The Morgan fingerprint density at radius 3 is 0.476 bits per heavy atom. The van der Waals surface area contributed by atoms with Crippen molar-refractivity contribution < 1.29 is 283 Å². The Hall–Kier alpha value is 6.03. The van der Waals surface area contributed by atoms with Crippen LogP contribution in [-0.2, 0) is 77.8 Å². The third-order valence-electron chi connectivity index (χ3n) is 1.19. The Kier molecular flexibility index (Phi) is 59.9. The fourth-order valence-corrected chi connectivity index (χ4v) is 1.09. The van der Waals surface area contributed by atoms with E-state index in [0.29, 0.717) is 0 Å². The second-order valence-corrected chi connectivity index (χ2v) is 7.42. The molecule has 0 unspecified atom stereocenters. The van der Waals surface area contributed by atoms with Gasteiger partial charge in [0.25, 0.3) is 0 Å². The minimum atomic E-state index is -6.17. The first-order valence-electron chi connectivity index (χ1n) is 2.40. The largest absolute Gasteiger partial charge is 1.00 e. The van der Waals surface area contributed by atoms with Gasteiger partial charge in [-0.25, -0.2) is 0 Å². The topological polar surface area (TPSA) is 143 Å². The molecular weight excluding hydrogens is 604 g/mol. The average Bonchev–Trinajstić information content (AvgIpc) is 2.26. The predicted molar refractivity (Wildman–Crippen MR) is 33.7 cm³/mol. The van der Waals surface area contributed by atoms with Gasteiger partial charge in [-0.2, -0.15) is 0 Å². The van der Waals surface area contributed by atoms with Crippen molar-refractivity contribution in [2.45, 2.75) is 0 Å². The van der Waals surface area contributed by atoms with Crippen molar-refractivity contribution >= 4 is 0 Å². The van der Waals surface area contributed by atoms with Gasteiger partial charge < -0.3 is 0 Å². The molecular formula is C6Co4FeK4N6. The third-order valence-corrected chi connectivity index (χ3v) is 4.89. The normalized spacial score (nSPS) is 8.29. The Bertz CT molecular complexity index is 415. The number of nitriles is 6. The maximum Gasteiger partial charge on any atom is 1.00 e. The molecule has 0 spiro atoms. The van der Waals surface area contributed by atoms with E-state index in [1.54, 1.807) is 0 Å². The molecule has 0 aliphatic carbocycles. The first-order chi connectivity index (χ1) is 5.97. The van der Waals surface area contributed by atoms with E-state index in [0.717, 1.165) is 29.8 Å². The van der Waals surface area contributed by atoms with E-state index in [1.165, 1.54) is 0 Å². The molecule has 0 aromatic heterocycles. The molecule has 0 rings (SSSR count). The second-order valence-electron chi connectivity index (χ2n) is 1.80. The van der Waals surface area contributed by atoms with Crippen molar-refractivity contribution in [2.24, 2.45) is 0 Å². The minimum absolute atomic E-state index is 0. The van der Waals surface area contributed by atoms with Crippen LogP contribution in [0.3, 0.4) is 0 Å². The molecule has 0 aliphatic heterocycles. The summed E-state index contributed by atoms with van der Waals surface area (Å²) in [6.07, 6.45) is 0. The zero-order valence-corrected chi connectivity index (χ0v) is 29.1. The van der Waals surface area contributed by atoms with Gasteiger partial charge in [0, 0.05) is 67.1 Å². The first-order valence-corrected chi connectivity index (χ1v) is 5.71. The zero-order chi connectivity index (χ0) is 10.7. The monoisotopic (exact) mass is 604 g/mol. The molecule has 0 aliphatic rings. The molecule has 0 aromatic carbocycles. The molecule has 0 heterocycles. The smallest absolute Gasteiger partial charge is 0 e. The molecule has 4 radical (unpaired) electrons. The number of rotatable bonds is 0. The molecule has 0 fully saturated rings. The number of hydrogen-bond acceptors (Lipinski definition) is 6. The van der Waals surface area contributed by atoms with Crippen LogP contribution in [0.4, 0.5) is 0 Å². The number of hydrogen-bond donors (Lipinski definition) is 0. The molecule has 0 bridgehead atoms. The molecule has 21 heavy (non-hydrogen) atoms. The van der Waals surface area contributed by atoms with E-state index in [1.807, 2.05) is 0 Å². The summed E-state index contributed by atoms with van der Waals surface area (Å²) >= 11 is 0. The summed E-state index contributed by atoms with van der Waals surface area (Å²) in [6, 6.07) is 0. The van der Waals surface area contributed by atoms with Gasteiger partial charge in [-0.3, -0.25) is 0 Å². The van der Waals surface area contributed by atoms with Crippen LogP contribution in [0.2, 0.25) is 0 Å². The van der Waals surface area contributed by atoms with Crippen molar-refractivity contribution in [3.8, 4) is 29.8 Å². The Morgan fingerprint density at radius 2 is 0.476 bits per heavy atom. The zero-order valence-electron chi connectivity index (χ0n) is 11.4. The van der Waals surface area contributed by atoms with Crippen LogP contribution in [0.1, 0.15) is 0 Å². The van der Waals surface area contributed by atoms with Crippen molar-refractivity contribution in [2.75, 3.05) is 0 Å². The summed E-state index contributed by atoms with van der Waals surface area (Å²) < 4.78 is 0. The quantitative estimate of drug-likeness (QED) is 0.252. The van der Waals surface area contributed by atoms with Gasteiger partial charge in [-0.15, -0.1) is 0 Å². The molecule has 0 saturated heterocycles. The maximum absolute atomic E-state index is 8.58. The van der Waals surface area contributed by atoms with Crippen molar-refractivity contribution in [3.05, 3.63) is 0 Å². The van der Waals surface area contributed by atoms with Gasteiger partial charge >= 0.3 is 278 Å². The fourth-order valence-electron chi connectivity index (χ4n) is 0.265. The molecule has 0 N–H and O–H groups in total. The van der Waals surface area contributed by atoms with Gasteiger partial charge in [0.1, 0.15) is 0 Å². The molecule has 15 heteroatoms. The van der Waals surface area contributed by atoms with Crippen LogP contribution in [0.25, 0.3) is 0 Å². The van der Waals surface area contributed by atoms with E-state index >= 15 is 0 Å². The summed E-state index contributed by atoms with van der Waals surface area (Å²) in [5, 5.41) is 51.5. The molecule has 6 nitrogen and oxygen atoms in total. The summed E-state index contributed by atoms with van der Waals surface area (Å²) in [6.45, 7) is 0. The fraction of sp³-hybridized carbons (Fsp3) is 0. The first kappa shape index (κ1) is 56.3. The van der Waals surface area contributed by atoms with Crippen LogP contribution < -0.4 is 206 Å². The summed E-state index contributed by atoms with van der Waals surface area (Å²) in [7, 11) is -6.17. The molecule has 102 valence electrons. The molecule has 0 saturated carbocycles. The van der Waals surface area contributed by atoms with Gasteiger partial charge in [0.05, 0.1) is 0 Å². The summed E-state index contributed by atoms with van der Waals surface area (Å²) in [4.78, 5) is 6.19. The van der Waals surface area contributed by atoms with Crippen LogP contribution in [0.5, 0.6) is 0 Å². The van der Waals surface area contributed by atoms with Crippen LogP contribution in [0.15, 0.2) is 0 Å². The van der Waals surface area contributed by atoms with Gasteiger partial charge in [0.15, 0.2) is 0 Å². The van der Waals surface area contributed by atoms with Crippen LogP contribution in [0, 0.1) is 61.4 Å². The molecule has 0 atom stereocenters. The van der Waals surface area contributed by atoms with Crippen molar-refractivity contribution in [1.82, 2.24) is 0 Å². The third kappa shape index (κ3) is 11.6. The van der Waals surface area contributed by atoms with E-state index in [-0.39, 0.29) is 273 Å². The Morgan fingerprint density at radius 1 is 0.381 bits per heavy atom. The van der Waals surface area contributed by atoms with E-state index in [9.17, 15) is 0 Å². The van der Waals surface area contributed by atoms with Crippen LogP contribution in [-0.4, -0.2) is 0 Å². The van der Waals surface area contributed by atoms with E-state index < -0.39 is 10.7 Å². The van der Waals surface area contributed by atoms with Gasteiger partial charge in [0.2, 0.25) is 0 Å². The maximum atomic E-state index is 8.58. The summed E-state index contributed by atoms with van der Waals surface area (Å²) in [5.74, 6) is 0. The standard InChI is InChI=1S/6CN.4Co.Fe.4K/c6*1-2;;;;;;;;;/q;;;;;;;;;;-4;4*+1. The molecule has 0 aromatic rings. The van der Waals surface area contributed by atoms with Crippen molar-refractivity contribution in [3.63, 3.8) is 0 Å². The molecule has 0 amide bonds. The van der Waals surface area contributed by atoms with E-state index in [2.05, 4.69) is 0 Å².